The molecule has 0 aromatic carbocycles. The number of phosphoric acid groups is 1. The number of aromatic amines is 1. The third kappa shape index (κ3) is 5.54. The fourth-order valence-corrected chi connectivity index (χ4v) is 5.76. The van der Waals surface area contributed by atoms with E-state index in [1.807, 2.05) is 0 Å². The summed E-state index contributed by atoms with van der Waals surface area (Å²) >= 11 is 0. The predicted molar refractivity (Wildman–Crippen MR) is 136 cm³/mol. The topological polar surface area (TPSA) is 297 Å². The molecule has 2 saturated heterocycles. The molecule has 8 N–H and O–H groups in total. The van der Waals surface area contributed by atoms with E-state index >= 15 is 0 Å². The van der Waals surface area contributed by atoms with Crippen LogP contribution in [0.4, 0.5) is 11.9 Å². The van der Waals surface area contributed by atoms with Crippen LogP contribution in [0.2, 0.25) is 0 Å². The van der Waals surface area contributed by atoms with Gasteiger partial charge in [0.2, 0.25) is 11.9 Å². The molecule has 0 radical (unpaired) electrons. The summed E-state index contributed by atoms with van der Waals surface area (Å²) in [5, 5.41) is 20.7. The first-order chi connectivity index (χ1) is 20.0. The number of ether oxygens (including phenoxy) is 4. The molecule has 0 saturated carbocycles. The van der Waals surface area contributed by atoms with Crippen LogP contribution in [-0.4, -0.2) is 113 Å². The summed E-state index contributed by atoms with van der Waals surface area (Å²) in [5.41, 5.74) is 9.64. The Morgan fingerprint density at radius 1 is 1.02 bits per heavy atom. The Labute approximate surface area is 234 Å². The SMILES string of the molecule is CO[C@@H]1[C@H](OP(=O)(O)OC[C@H]2O[C@@H](n3cnc4c(=O)[nH]c(N)nc43)[C@H](OC)[C@@H]2O)[C@@H](CO)O[C@H]1n1cnc(N)nc1=O. The maximum atomic E-state index is 13.0. The van der Waals surface area contributed by atoms with Gasteiger partial charge in [-0.25, -0.2) is 19.3 Å². The van der Waals surface area contributed by atoms with Gasteiger partial charge in [-0.2, -0.15) is 9.97 Å². The second-order valence-electron chi connectivity index (χ2n) is 9.22. The smallest absolute Gasteiger partial charge is 0.394 e. The number of imidazole rings is 1. The fourth-order valence-electron chi connectivity index (χ4n) is 4.80. The van der Waals surface area contributed by atoms with Crippen LogP contribution in [0.3, 0.4) is 0 Å². The van der Waals surface area contributed by atoms with Crippen molar-refractivity contribution in [3.8, 4) is 0 Å². The average Bonchev–Trinajstić information content (AvgIpc) is 3.60. The van der Waals surface area contributed by atoms with Crippen molar-refractivity contribution in [2.24, 2.45) is 0 Å². The van der Waals surface area contributed by atoms with Gasteiger partial charge in [-0.3, -0.25) is 28.0 Å². The van der Waals surface area contributed by atoms with E-state index < -0.39 is 81.4 Å². The lowest BCUT2D eigenvalue weighted by Crippen LogP contribution is -2.39. The molecule has 0 spiro atoms. The van der Waals surface area contributed by atoms with Gasteiger partial charge in [-0.05, 0) is 0 Å². The van der Waals surface area contributed by atoms with Crippen LogP contribution in [0.15, 0.2) is 22.2 Å². The lowest BCUT2D eigenvalue weighted by atomic mass is 10.1. The summed E-state index contributed by atoms with van der Waals surface area (Å²) in [6, 6.07) is 0. The first-order valence-electron chi connectivity index (χ1n) is 12.2. The maximum Gasteiger partial charge on any atom is 0.472 e. The number of nitrogens with one attached hydrogen (secondary N) is 1. The van der Waals surface area contributed by atoms with E-state index in [0.29, 0.717) is 0 Å². The summed E-state index contributed by atoms with van der Waals surface area (Å²) in [5.74, 6) is -0.463. The first-order valence-corrected chi connectivity index (χ1v) is 13.7. The molecule has 3 aromatic heterocycles. The van der Waals surface area contributed by atoms with E-state index in [2.05, 4.69) is 24.9 Å². The highest BCUT2D eigenvalue weighted by atomic mass is 31.2. The molecule has 2 aliphatic heterocycles. The van der Waals surface area contributed by atoms with Crippen molar-refractivity contribution >= 4 is 30.9 Å². The number of phosphoric ester groups is 1. The minimum absolute atomic E-state index is 0.0406. The average molecular weight is 617 g/mol. The van der Waals surface area contributed by atoms with Gasteiger partial charge in [-0.1, -0.05) is 0 Å². The minimum Gasteiger partial charge on any atom is -0.394 e. The van der Waals surface area contributed by atoms with Crippen molar-refractivity contribution in [2.75, 3.05) is 38.9 Å². The molecule has 21 nitrogen and oxygen atoms in total. The zero-order valence-corrected chi connectivity index (χ0v) is 22.9. The van der Waals surface area contributed by atoms with E-state index in [4.69, 9.17) is 39.5 Å². The molecule has 9 atom stereocenters. The number of nitrogens with zero attached hydrogens (tertiary/aromatic N) is 6. The number of aliphatic hydroxyl groups excluding tert-OH is 2. The van der Waals surface area contributed by atoms with Crippen molar-refractivity contribution in [1.29, 1.82) is 0 Å². The molecule has 5 rings (SSSR count). The monoisotopic (exact) mass is 617 g/mol. The Morgan fingerprint density at radius 2 is 1.69 bits per heavy atom. The number of aromatic nitrogens is 7. The maximum absolute atomic E-state index is 13.0. The van der Waals surface area contributed by atoms with Crippen LogP contribution in [0.1, 0.15) is 12.5 Å². The summed E-state index contributed by atoms with van der Waals surface area (Å²) in [4.78, 5) is 52.6. The van der Waals surface area contributed by atoms with Crippen LogP contribution in [0.25, 0.3) is 11.2 Å². The highest BCUT2D eigenvalue weighted by Gasteiger charge is 2.51. The second kappa shape index (κ2) is 11.7. The van der Waals surface area contributed by atoms with Crippen molar-refractivity contribution in [3.05, 3.63) is 33.5 Å². The molecule has 230 valence electrons. The Morgan fingerprint density at radius 3 is 2.36 bits per heavy atom. The number of anilines is 2. The molecule has 0 aliphatic carbocycles. The van der Waals surface area contributed by atoms with E-state index in [1.165, 1.54) is 25.1 Å². The van der Waals surface area contributed by atoms with Crippen LogP contribution in [-0.2, 0) is 32.6 Å². The lowest BCUT2D eigenvalue weighted by molar-refractivity contribution is -0.0630. The Hall–Kier alpha value is -3.37. The van der Waals surface area contributed by atoms with Crippen LogP contribution < -0.4 is 22.7 Å². The third-order valence-corrected chi connectivity index (χ3v) is 7.71. The van der Waals surface area contributed by atoms with Gasteiger partial charge in [0.15, 0.2) is 23.6 Å². The van der Waals surface area contributed by atoms with Crippen LogP contribution in [0.5, 0.6) is 0 Å². The van der Waals surface area contributed by atoms with Gasteiger partial charge < -0.3 is 45.5 Å². The highest BCUT2D eigenvalue weighted by molar-refractivity contribution is 7.47. The van der Waals surface area contributed by atoms with Crippen molar-refractivity contribution in [1.82, 2.24) is 34.1 Å². The van der Waals surface area contributed by atoms with E-state index in [1.54, 1.807) is 0 Å². The molecule has 2 fully saturated rings. The summed E-state index contributed by atoms with van der Waals surface area (Å²) in [6.45, 7) is -1.36. The van der Waals surface area contributed by atoms with Gasteiger partial charge in [0.05, 0.1) is 19.5 Å². The molecular weight excluding hydrogens is 589 g/mol. The van der Waals surface area contributed by atoms with Crippen molar-refractivity contribution < 1.29 is 47.7 Å². The molecule has 0 bridgehead atoms. The standard InChI is InChI=1S/C20H28N9O12P/c1-36-12-10(31)8(40-16(12)28-5-23-9-14(28)25-19(22)26-15(9)32)4-38-42(34,35)41-11-7(3-30)39-17(13(11)37-2)29-6-24-18(21)27-20(29)33/h5-8,10-13,16-17,30-31H,3-4H2,1-2H3,(H,34,35)(H2,21,27,33)(H3,22,25,26,32)/t7-,8-,10-,11-,12-,13-,16-,17-/m1/s1. The summed E-state index contributed by atoms with van der Waals surface area (Å²) in [6.07, 6.45) is -7.57. The molecule has 1 unspecified atom stereocenters. The number of aliphatic hydroxyl groups is 2. The van der Waals surface area contributed by atoms with Gasteiger partial charge in [-0.15, -0.1) is 0 Å². The fraction of sp³-hybridized carbons (Fsp3) is 0.600. The number of hydrogen-bond donors (Lipinski definition) is 6. The van der Waals surface area contributed by atoms with Crippen molar-refractivity contribution in [2.45, 2.75) is 49.1 Å². The Balaban J connectivity index is 1.30. The molecule has 0 amide bonds. The minimum atomic E-state index is -4.95. The Bertz CT molecular complexity index is 1600. The number of fused-ring (bicyclic) bond motifs is 1. The molecule has 42 heavy (non-hydrogen) atoms. The quantitative estimate of drug-likeness (QED) is 0.121. The first kappa shape index (κ1) is 30.1. The molecular formula is C20H28N9O12P. The van der Waals surface area contributed by atoms with E-state index in [9.17, 15) is 29.3 Å². The number of nitrogens with two attached hydrogens (primary N) is 2. The van der Waals surface area contributed by atoms with Crippen LogP contribution in [0, 0.1) is 0 Å². The number of hydrogen-bond acceptors (Lipinski definition) is 17. The van der Waals surface area contributed by atoms with Crippen LogP contribution >= 0.6 is 7.82 Å². The van der Waals surface area contributed by atoms with E-state index in [0.717, 1.165) is 10.9 Å². The molecule has 3 aromatic rings. The molecule has 5 heterocycles. The predicted octanol–water partition coefficient (Wildman–Crippen LogP) is -3.38. The van der Waals surface area contributed by atoms with Gasteiger partial charge >= 0.3 is 13.5 Å². The summed E-state index contributed by atoms with van der Waals surface area (Å²) < 4.78 is 47.9. The van der Waals surface area contributed by atoms with Crippen molar-refractivity contribution in [3.63, 3.8) is 0 Å². The number of nitrogen functional groups attached to an aromatic ring is 2. The molecule has 2 aliphatic rings. The third-order valence-electron chi connectivity index (χ3n) is 6.72. The van der Waals surface area contributed by atoms with E-state index in [-0.39, 0.29) is 23.1 Å². The highest BCUT2D eigenvalue weighted by Crippen LogP contribution is 2.49. The number of rotatable bonds is 10. The van der Waals surface area contributed by atoms with Gasteiger partial charge in [0.25, 0.3) is 5.56 Å². The Kier molecular flexibility index (Phi) is 8.40. The number of H-pyrrole nitrogens is 1. The molecule has 22 heteroatoms. The second-order valence-corrected chi connectivity index (χ2v) is 10.6. The zero-order chi connectivity index (χ0) is 30.3. The van der Waals surface area contributed by atoms with Gasteiger partial charge in [0, 0.05) is 14.2 Å². The summed E-state index contributed by atoms with van der Waals surface area (Å²) in [7, 11) is -2.42. The zero-order valence-electron chi connectivity index (χ0n) is 22.0. The largest absolute Gasteiger partial charge is 0.472 e. The number of methoxy groups -OCH3 is 2. The van der Waals surface area contributed by atoms with Gasteiger partial charge in [0.1, 0.15) is 43.0 Å². The lowest BCUT2D eigenvalue weighted by Gasteiger charge is -2.25. The normalized spacial score (nSPS) is 31.1.